The molecule has 0 radical (unpaired) electrons. The number of ether oxygens (including phenoxy) is 1. The molecular formula is C14H19NO2S. The molecule has 0 saturated heterocycles. The SMILES string of the molecule is CCOC(=O)c1c(C2C3CCCCC32)csc1N. The van der Waals surface area contributed by atoms with Gasteiger partial charge in [-0.2, -0.15) is 0 Å². The molecular weight excluding hydrogens is 246 g/mol. The van der Waals surface area contributed by atoms with Crippen LogP contribution in [0.3, 0.4) is 0 Å². The summed E-state index contributed by atoms with van der Waals surface area (Å²) in [6, 6.07) is 0. The number of anilines is 1. The molecule has 0 aliphatic heterocycles. The van der Waals surface area contributed by atoms with Crippen LogP contribution in [0, 0.1) is 11.8 Å². The van der Waals surface area contributed by atoms with Crippen molar-refractivity contribution in [2.24, 2.45) is 11.8 Å². The summed E-state index contributed by atoms with van der Waals surface area (Å²) in [5.74, 6) is 1.91. The minimum atomic E-state index is -0.241. The second kappa shape index (κ2) is 4.57. The summed E-state index contributed by atoms with van der Waals surface area (Å²) in [6.45, 7) is 2.24. The van der Waals surface area contributed by atoms with Gasteiger partial charge in [-0.05, 0) is 48.5 Å². The largest absolute Gasteiger partial charge is 0.462 e. The predicted molar refractivity (Wildman–Crippen MR) is 72.9 cm³/mol. The highest BCUT2D eigenvalue weighted by Crippen LogP contribution is 2.62. The normalized spacial score (nSPS) is 29.7. The molecule has 2 atom stereocenters. The number of rotatable bonds is 3. The van der Waals surface area contributed by atoms with Gasteiger partial charge in [0, 0.05) is 0 Å². The van der Waals surface area contributed by atoms with E-state index in [9.17, 15) is 4.79 Å². The molecule has 3 rings (SSSR count). The van der Waals surface area contributed by atoms with Gasteiger partial charge in [0.05, 0.1) is 12.2 Å². The van der Waals surface area contributed by atoms with Crippen LogP contribution in [0.2, 0.25) is 0 Å². The van der Waals surface area contributed by atoms with Gasteiger partial charge >= 0.3 is 5.97 Å². The molecule has 2 unspecified atom stereocenters. The monoisotopic (exact) mass is 265 g/mol. The molecule has 2 aliphatic rings. The fourth-order valence-corrected chi connectivity index (χ4v) is 4.36. The average molecular weight is 265 g/mol. The van der Waals surface area contributed by atoms with Gasteiger partial charge in [0.1, 0.15) is 5.00 Å². The van der Waals surface area contributed by atoms with Crippen LogP contribution in [-0.2, 0) is 4.74 Å². The smallest absolute Gasteiger partial charge is 0.341 e. The Bertz CT molecular complexity index is 456. The Balaban J connectivity index is 1.87. The zero-order valence-corrected chi connectivity index (χ0v) is 11.5. The van der Waals surface area contributed by atoms with Gasteiger partial charge in [-0.1, -0.05) is 12.8 Å². The van der Waals surface area contributed by atoms with Gasteiger partial charge < -0.3 is 10.5 Å². The Morgan fingerprint density at radius 2 is 2.11 bits per heavy atom. The fraction of sp³-hybridized carbons (Fsp3) is 0.643. The van der Waals surface area contributed by atoms with Crippen molar-refractivity contribution < 1.29 is 9.53 Å². The first-order chi connectivity index (χ1) is 8.74. The van der Waals surface area contributed by atoms with Gasteiger partial charge in [0.15, 0.2) is 0 Å². The van der Waals surface area contributed by atoms with E-state index in [0.29, 0.717) is 23.1 Å². The number of carbonyl (C=O) groups is 1. The van der Waals surface area contributed by atoms with E-state index < -0.39 is 0 Å². The third-order valence-electron chi connectivity index (χ3n) is 4.34. The molecule has 1 aromatic heterocycles. The van der Waals surface area contributed by atoms with Crippen molar-refractivity contribution in [2.75, 3.05) is 12.3 Å². The lowest BCUT2D eigenvalue weighted by atomic mass is 10.0. The fourth-order valence-electron chi connectivity index (χ4n) is 3.51. The second-order valence-corrected chi connectivity index (χ2v) is 6.20. The van der Waals surface area contributed by atoms with E-state index in [1.807, 2.05) is 6.92 Å². The van der Waals surface area contributed by atoms with E-state index in [-0.39, 0.29) is 5.97 Å². The molecule has 1 heterocycles. The van der Waals surface area contributed by atoms with Crippen LogP contribution in [0.4, 0.5) is 5.00 Å². The maximum Gasteiger partial charge on any atom is 0.341 e. The molecule has 1 aromatic rings. The van der Waals surface area contributed by atoms with Gasteiger partial charge in [0.2, 0.25) is 0 Å². The van der Waals surface area contributed by atoms with Crippen molar-refractivity contribution >= 4 is 22.3 Å². The lowest BCUT2D eigenvalue weighted by Gasteiger charge is -2.04. The molecule has 0 bridgehead atoms. The van der Waals surface area contributed by atoms with E-state index in [2.05, 4.69) is 5.38 Å². The van der Waals surface area contributed by atoms with E-state index in [4.69, 9.17) is 10.5 Å². The van der Waals surface area contributed by atoms with Crippen LogP contribution >= 0.6 is 11.3 Å². The molecule has 0 aromatic carbocycles. The molecule has 2 aliphatic carbocycles. The number of hydrogen-bond donors (Lipinski definition) is 1. The third-order valence-corrected chi connectivity index (χ3v) is 5.17. The molecule has 18 heavy (non-hydrogen) atoms. The van der Waals surface area contributed by atoms with Crippen molar-refractivity contribution in [3.05, 3.63) is 16.5 Å². The first-order valence-corrected chi connectivity index (χ1v) is 7.66. The molecule has 2 N–H and O–H groups in total. The lowest BCUT2D eigenvalue weighted by Crippen LogP contribution is -2.08. The maximum absolute atomic E-state index is 12.0. The third kappa shape index (κ3) is 1.83. The Morgan fingerprint density at radius 1 is 1.44 bits per heavy atom. The van der Waals surface area contributed by atoms with Crippen molar-refractivity contribution in [3.8, 4) is 0 Å². The van der Waals surface area contributed by atoms with Gasteiger partial charge in [-0.25, -0.2) is 4.79 Å². The maximum atomic E-state index is 12.0. The second-order valence-electron chi connectivity index (χ2n) is 5.29. The highest BCUT2D eigenvalue weighted by atomic mass is 32.1. The number of nitrogen functional groups attached to an aromatic ring is 1. The van der Waals surface area contributed by atoms with Gasteiger partial charge in [-0.3, -0.25) is 0 Å². The van der Waals surface area contributed by atoms with E-state index >= 15 is 0 Å². The Morgan fingerprint density at radius 3 is 2.72 bits per heavy atom. The zero-order valence-electron chi connectivity index (χ0n) is 10.6. The van der Waals surface area contributed by atoms with Gasteiger partial charge in [0.25, 0.3) is 0 Å². The van der Waals surface area contributed by atoms with E-state index in [1.54, 1.807) is 0 Å². The summed E-state index contributed by atoms with van der Waals surface area (Å²) in [5, 5.41) is 2.69. The highest BCUT2D eigenvalue weighted by molar-refractivity contribution is 7.14. The number of carbonyl (C=O) groups excluding carboxylic acids is 1. The Kier molecular flexibility index (Phi) is 3.06. The standard InChI is InChI=1S/C14H19NO2S/c1-2-17-14(16)12-10(7-18-13(12)15)11-8-5-3-4-6-9(8)11/h7-9,11H,2-6,15H2,1H3. The van der Waals surface area contributed by atoms with Crippen molar-refractivity contribution in [3.63, 3.8) is 0 Å². The molecule has 4 heteroatoms. The summed E-state index contributed by atoms with van der Waals surface area (Å²) in [4.78, 5) is 12.0. The van der Waals surface area contributed by atoms with Crippen molar-refractivity contribution in [1.82, 2.24) is 0 Å². The summed E-state index contributed by atoms with van der Waals surface area (Å²) < 4.78 is 5.13. The van der Waals surface area contributed by atoms with Crippen molar-refractivity contribution in [2.45, 2.75) is 38.5 Å². The zero-order chi connectivity index (χ0) is 12.7. The highest BCUT2D eigenvalue weighted by Gasteiger charge is 2.52. The minimum Gasteiger partial charge on any atom is -0.462 e. The predicted octanol–water partition coefficient (Wildman–Crippen LogP) is 3.41. The van der Waals surface area contributed by atoms with Crippen LogP contribution in [0.5, 0.6) is 0 Å². The first kappa shape index (κ1) is 12.0. The quantitative estimate of drug-likeness (QED) is 0.852. The first-order valence-electron chi connectivity index (χ1n) is 6.78. The lowest BCUT2D eigenvalue weighted by molar-refractivity contribution is 0.0527. The topological polar surface area (TPSA) is 52.3 Å². The summed E-state index contributed by atoms with van der Waals surface area (Å²) in [7, 11) is 0. The van der Waals surface area contributed by atoms with Crippen LogP contribution in [0.1, 0.15) is 54.4 Å². The summed E-state index contributed by atoms with van der Waals surface area (Å²) in [5.41, 5.74) is 7.76. The van der Waals surface area contributed by atoms with Crippen LogP contribution in [0.15, 0.2) is 5.38 Å². The van der Waals surface area contributed by atoms with Crippen LogP contribution in [-0.4, -0.2) is 12.6 Å². The van der Waals surface area contributed by atoms with Crippen LogP contribution < -0.4 is 5.73 Å². The van der Waals surface area contributed by atoms with Crippen molar-refractivity contribution in [1.29, 1.82) is 0 Å². The van der Waals surface area contributed by atoms with Gasteiger partial charge in [-0.15, -0.1) is 11.3 Å². The molecule has 2 fully saturated rings. The number of hydrogen-bond acceptors (Lipinski definition) is 4. The number of thiophene rings is 1. The molecule has 98 valence electrons. The van der Waals surface area contributed by atoms with Crippen LogP contribution in [0.25, 0.3) is 0 Å². The summed E-state index contributed by atoms with van der Waals surface area (Å²) in [6.07, 6.45) is 5.30. The summed E-state index contributed by atoms with van der Waals surface area (Å²) >= 11 is 1.48. The minimum absolute atomic E-state index is 0.241. The molecule has 0 amide bonds. The Hall–Kier alpha value is -1.03. The number of nitrogens with two attached hydrogens (primary N) is 1. The Labute approximate surface area is 111 Å². The number of fused-ring (bicyclic) bond motifs is 1. The molecule has 2 saturated carbocycles. The number of esters is 1. The average Bonchev–Trinajstić information content (AvgIpc) is 2.97. The molecule has 0 spiro atoms. The van der Waals surface area contributed by atoms with E-state index in [0.717, 1.165) is 17.4 Å². The molecule has 3 nitrogen and oxygen atoms in total. The van der Waals surface area contributed by atoms with E-state index in [1.165, 1.54) is 37.0 Å².